The van der Waals surface area contributed by atoms with Crippen LogP contribution in [0.5, 0.6) is 0 Å². The molecule has 0 fully saturated rings. The summed E-state index contributed by atoms with van der Waals surface area (Å²) in [6.45, 7) is 9.07. The maximum Gasteiger partial charge on any atom is 0.0682 e. The van der Waals surface area contributed by atoms with Crippen molar-refractivity contribution in [1.29, 1.82) is 0 Å². The maximum absolute atomic E-state index is 9.03. The van der Waals surface area contributed by atoms with Crippen molar-refractivity contribution in [3.05, 3.63) is 53.5 Å². The molecule has 0 aliphatic heterocycles. The summed E-state index contributed by atoms with van der Waals surface area (Å²) in [4.78, 5) is 2.14. The molecule has 1 aromatic carbocycles. The van der Waals surface area contributed by atoms with Gasteiger partial charge in [-0.25, -0.2) is 0 Å². The van der Waals surface area contributed by atoms with Gasteiger partial charge in [-0.15, -0.1) is 13.2 Å². The average Bonchev–Trinajstić information content (AvgIpc) is 2.29. The van der Waals surface area contributed by atoms with Crippen LogP contribution in [0.2, 0.25) is 0 Å². The van der Waals surface area contributed by atoms with Crippen molar-refractivity contribution in [2.75, 3.05) is 18.0 Å². The van der Waals surface area contributed by atoms with Crippen LogP contribution < -0.4 is 4.90 Å². The number of hydrogen-bond acceptors (Lipinski definition) is 2. The van der Waals surface area contributed by atoms with Crippen LogP contribution in [0.3, 0.4) is 0 Å². The van der Waals surface area contributed by atoms with Crippen LogP contribution in [0.1, 0.15) is 5.56 Å². The van der Waals surface area contributed by atoms with Gasteiger partial charge in [-0.3, -0.25) is 0 Å². The van der Waals surface area contributed by atoms with Gasteiger partial charge in [0.1, 0.15) is 0 Å². The molecule has 0 aliphatic carbocycles. The fourth-order valence-corrected chi connectivity index (χ4v) is 2.17. The number of halogens is 1. The first kappa shape index (κ1) is 13.0. The Hall–Kier alpha value is -1.06. The van der Waals surface area contributed by atoms with Crippen molar-refractivity contribution in [3.8, 4) is 0 Å². The molecular weight excluding hydrogens is 266 g/mol. The third kappa shape index (κ3) is 3.22. The minimum atomic E-state index is 0.0573. The van der Waals surface area contributed by atoms with Gasteiger partial charge in [0.25, 0.3) is 0 Å². The molecule has 3 heteroatoms. The molecule has 1 rings (SSSR count). The van der Waals surface area contributed by atoms with Crippen molar-refractivity contribution in [3.63, 3.8) is 0 Å². The van der Waals surface area contributed by atoms with Crippen LogP contribution in [-0.4, -0.2) is 18.2 Å². The van der Waals surface area contributed by atoms with E-state index in [4.69, 9.17) is 5.11 Å². The monoisotopic (exact) mass is 281 g/mol. The van der Waals surface area contributed by atoms with Gasteiger partial charge >= 0.3 is 0 Å². The van der Waals surface area contributed by atoms with Crippen LogP contribution in [0.4, 0.5) is 5.69 Å². The second-order valence-electron chi connectivity index (χ2n) is 3.43. The van der Waals surface area contributed by atoms with Gasteiger partial charge < -0.3 is 10.0 Å². The zero-order valence-corrected chi connectivity index (χ0v) is 10.8. The van der Waals surface area contributed by atoms with Crippen LogP contribution in [0, 0.1) is 0 Å². The summed E-state index contributed by atoms with van der Waals surface area (Å²) in [5, 5.41) is 9.03. The first-order chi connectivity index (χ1) is 7.72. The summed E-state index contributed by atoms with van der Waals surface area (Å²) >= 11 is 3.51. The van der Waals surface area contributed by atoms with E-state index in [-0.39, 0.29) is 6.61 Å². The highest BCUT2D eigenvalue weighted by Crippen LogP contribution is 2.27. The molecular formula is C13H16BrNO. The Kier molecular flexibility index (Phi) is 5.29. The molecule has 0 saturated heterocycles. The molecule has 0 aromatic heterocycles. The van der Waals surface area contributed by atoms with Gasteiger partial charge in [-0.2, -0.15) is 0 Å². The second kappa shape index (κ2) is 6.51. The van der Waals surface area contributed by atoms with Crippen LogP contribution in [0.25, 0.3) is 0 Å². The molecule has 1 aromatic rings. The first-order valence-electron chi connectivity index (χ1n) is 5.09. The Morgan fingerprint density at radius 1 is 1.25 bits per heavy atom. The number of nitrogens with zero attached hydrogens (tertiary/aromatic N) is 1. The van der Waals surface area contributed by atoms with E-state index in [1.54, 1.807) is 0 Å². The standard InChI is InChI=1S/C13H16BrNO/c1-3-7-15(8-4-2)13-6-5-11(10-16)9-12(13)14/h3-6,9,16H,1-2,7-8,10H2. The van der Waals surface area contributed by atoms with E-state index in [1.165, 1.54) is 0 Å². The van der Waals surface area contributed by atoms with E-state index >= 15 is 0 Å². The highest BCUT2D eigenvalue weighted by molar-refractivity contribution is 9.10. The Morgan fingerprint density at radius 2 is 1.88 bits per heavy atom. The summed E-state index contributed by atoms with van der Waals surface area (Å²) in [5.74, 6) is 0. The quantitative estimate of drug-likeness (QED) is 0.810. The molecule has 1 N–H and O–H groups in total. The highest BCUT2D eigenvalue weighted by Gasteiger charge is 2.07. The van der Waals surface area contributed by atoms with Crippen LogP contribution >= 0.6 is 15.9 Å². The smallest absolute Gasteiger partial charge is 0.0682 e. The molecule has 0 unspecified atom stereocenters. The lowest BCUT2D eigenvalue weighted by Gasteiger charge is -2.23. The molecule has 0 atom stereocenters. The predicted molar refractivity (Wildman–Crippen MR) is 72.7 cm³/mol. The molecule has 0 aliphatic rings. The zero-order valence-electron chi connectivity index (χ0n) is 9.19. The summed E-state index contributed by atoms with van der Waals surface area (Å²) in [7, 11) is 0. The highest BCUT2D eigenvalue weighted by atomic mass is 79.9. The summed E-state index contributed by atoms with van der Waals surface area (Å²) in [5.41, 5.74) is 1.98. The molecule has 0 bridgehead atoms. The second-order valence-corrected chi connectivity index (χ2v) is 4.28. The fourth-order valence-electron chi connectivity index (χ4n) is 1.49. The van der Waals surface area contributed by atoms with Gasteiger partial charge in [-0.05, 0) is 33.6 Å². The number of aliphatic hydroxyl groups excluding tert-OH is 1. The largest absolute Gasteiger partial charge is 0.392 e. The fraction of sp³-hybridized carbons (Fsp3) is 0.231. The minimum Gasteiger partial charge on any atom is -0.392 e. The van der Waals surface area contributed by atoms with E-state index < -0.39 is 0 Å². The van der Waals surface area contributed by atoms with E-state index in [9.17, 15) is 0 Å². The van der Waals surface area contributed by atoms with Crippen molar-refractivity contribution in [2.45, 2.75) is 6.61 Å². The van der Waals surface area contributed by atoms with Crippen molar-refractivity contribution in [2.24, 2.45) is 0 Å². The minimum absolute atomic E-state index is 0.0573. The first-order valence-corrected chi connectivity index (χ1v) is 5.88. The molecule has 86 valence electrons. The zero-order chi connectivity index (χ0) is 12.0. The lowest BCUT2D eigenvalue weighted by molar-refractivity contribution is 0.282. The van der Waals surface area contributed by atoms with E-state index in [1.807, 2.05) is 30.4 Å². The van der Waals surface area contributed by atoms with Gasteiger partial charge in [0.15, 0.2) is 0 Å². The number of anilines is 1. The van der Waals surface area contributed by atoms with E-state index in [0.29, 0.717) is 0 Å². The molecule has 16 heavy (non-hydrogen) atoms. The molecule has 0 saturated carbocycles. The van der Waals surface area contributed by atoms with Gasteiger partial charge in [-0.1, -0.05) is 18.2 Å². The van der Waals surface area contributed by atoms with Gasteiger partial charge in [0.05, 0.1) is 12.3 Å². The predicted octanol–water partition coefficient (Wildman–Crippen LogP) is 3.12. The Bertz CT molecular complexity index is 366. The summed E-state index contributed by atoms with van der Waals surface area (Å²) in [6.07, 6.45) is 3.71. The average molecular weight is 282 g/mol. The summed E-state index contributed by atoms with van der Waals surface area (Å²) in [6, 6.07) is 5.83. The lowest BCUT2D eigenvalue weighted by Crippen LogP contribution is -2.23. The summed E-state index contributed by atoms with van der Waals surface area (Å²) < 4.78 is 0.975. The molecule has 0 spiro atoms. The van der Waals surface area contributed by atoms with E-state index in [2.05, 4.69) is 34.0 Å². The third-order valence-corrected chi connectivity index (χ3v) is 2.87. The maximum atomic E-state index is 9.03. The van der Waals surface area contributed by atoms with Crippen molar-refractivity contribution in [1.82, 2.24) is 0 Å². The van der Waals surface area contributed by atoms with E-state index in [0.717, 1.165) is 28.8 Å². The van der Waals surface area contributed by atoms with Gasteiger partial charge in [0.2, 0.25) is 0 Å². The molecule has 2 nitrogen and oxygen atoms in total. The SMILES string of the molecule is C=CCN(CC=C)c1ccc(CO)cc1Br. The molecule has 0 radical (unpaired) electrons. The molecule has 0 heterocycles. The van der Waals surface area contributed by atoms with Crippen molar-refractivity contribution >= 4 is 21.6 Å². The Labute approximate surface area is 105 Å². The number of benzene rings is 1. The van der Waals surface area contributed by atoms with Crippen LogP contribution in [-0.2, 0) is 6.61 Å². The van der Waals surface area contributed by atoms with Crippen molar-refractivity contribution < 1.29 is 5.11 Å². The number of hydrogen-bond donors (Lipinski definition) is 1. The normalized spacial score (nSPS) is 9.88. The van der Waals surface area contributed by atoms with Gasteiger partial charge in [0, 0.05) is 17.6 Å². The number of aliphatic hydroxyl groups is 1. The lowest BCUT2D eigenvalue weighted by atomic mass is 10.2. The third-order valence-electron chi connectivity index (χ3n) is 2.23. The number of rotatable bonds is 6. The molecule has 0 amide bonds. The van der Waals surface area contributed by atoms with Crippen LogP contribution in [0.15, 0.2) is 48.0 Å². The Morgan fingerprint density at radius 3 is 2.31 bits per heavy atom. The topological polar surface area (TPSA) is 23.5 Å². The Balaban J connectivity index is 2.99.